The first-order valence-corrected chi connectivity index (χ1v) is 8.80. The van der Waals surface area contributed by atoms with Gasteiger partial charge in [0.15, 0.2) is 5.96 Å². The van der Waals surface area contributed by atoms with Gasteiger partial charge in [0.05, 0.1) is 16.7 Å². The molecule has 0 aliphatic heterocycles. The molecule has 29 heavy (non-hydrogen) atoms. The molecule has 2 aromatic carbocycles. The number of nitro benzene ring substituents is 1. The Morgan fingerprint density at radius 3 is 2.24 bits per heavy atom. The van der Waals surface area contributed by atoms with Crippen molar-refractivity contribution in [3.63, 3.8) is 0 Å². The molecular weight excluding hydrogens is 376 g/mol. The molecule has 1 atom stereocenters. The number of nitro groups is 1. The van der Waals surface area contributed by atoms with Crippen molar-refractivity contribution in [3.8, 4) is 0 Å². The number of nitrogens with two attached hydrogens (primary N) is 3. The van der Waals surface area contributed by atoms with E-state index in [0.29, 0.717) is 13.0 Å². The third kappa shape index (κ3) is 5.84. The fourth-order valence-electron chi connectivity index (χ4n) is 2.59. The van der Waals surface area contributed by atoms with E-state index in [1.54, 1.807) is 30.3 Å². The van der Waals surface area contributed by atoms with Gasteiger partial charge in [-0.15, -0.1) is 0 Å². The highest BCUT2D eigenvalue weighted by atomic mass is 16.6. The summed E-state index contributed by atoms with van der Waals surface area (Å²) in [7, 11) is 0. The minimum atomic E-state index is -0.980. The Labute approximate surface area is 167 Å². The highest BCUT2D eigenvalue weighted by Crippen LogP contribution is 2.22. The van der Waals surface area contributed by atoms with E-state index in [4.69, 9.17) is 17.2 Å². The smallest absolute Gasteiger partial charge is 0.269 e. The van der Waals surface area contributed by atoms with Crippen molar-refractivity contribution in [2.45, 2.75) is 18.9 Å². The molecule has 0 fully saturated rings. The standard InChI is InChI=1S/C19H22N6O4/c20-16(7-4-12-23-19(21)22)18(27)24(17(26)13-5-2-1-3-6-13)14-8-10-15(11-9-14)25(28)29/h1-3,5-6,8-11,16H,4,7,12,20H2,(H4,21,22,23)/t16-/m0/s1. The van der Waals surface area contributed by atoms with E-state index >= 15 is 0 Å². The predicted molar refractivity (Wildman–Crippen MR) is 109 cm³/mol. The topological polar surface area (TPSA) is 171 Å². The number of anilines is 1. The normalized spacial score (nSPS) is 11.3. The fourth-order valence-corrected chi connectivity index (χ4v) is 2.59. The number of nitrogens with zero attached hydrogens (tertiary/aromatic N) is 3. The van der Waals surface area contributed by atoms with Gasteiger partial charge in [-0.25, -0.2) is 4.90 Å². The number of hydrogen-bond acceptors (Lipinski definition) is 6. The second-order valence-electron chi connectivity index (χ2n) is 6.17. The van der Waals surface area contributed by atoms with E-state index in [2.05, 4.69) is 4.99 Å². The van der Waals surface area contributed by atoms with Crippen molar-refractivity contribution in [1.29, 1.82) is 0 Å². The molecule has 152 valence electrons. The predicted octanol–water partition coefficient (Wildman–Crippen LogP) is 1.15. The highest BCUT2D eigenvalue weighted by Gasteiger charge is 2.29. The molecule has 0 saturated heterocycles. The van der Waals surface area contributed by atoms with Gasteiger partial charge in [-0.05, 0) is 37.1 Å². The van der Waals surface area contributed by atoms with Crippen LogP contribution in [0.2, 0.25) is 0 Å². The summed E-state index contributed by atoms with van der Waals surface area (Å²) in [6, 6.07) is 12.3. The molecule has 0 aliphatic rings. The summed E-state index contributed by atoms with van der Waals surface area (Å²) < 4.78 is 0. The van der Waals surface area contributed by atoms with Crippen LogP contribution in [-0.4, -0.2) is 35.3 Å². The van der Waals surface area contributed by atoms with Crippen LogP contribution in [0.3, 0.4) is 0 Å². The lowest BCUT2D eigenvalue weighted by Crippen LogP contribution is -2.47. The van der Waals surface area contributed by atoms with E-state index in [1.165, 1.54) is 24.3 Å². The van der Waals surface area contributed by atoms with Crippen LogP contribution in [0.15, 0.2) is 59.6 Å². The molecule has 0 aliphatic carbocycles. The van der Waals surface area contributed by atoms with Crippen molar-refractivity contribution < 1.29 is 14.5 Å². The first kappa shape index (κ1) is 21.5. The fraction of sp³-hybridized carbons (Fsp3) is 0.211. The van der Waals surface area contributed by atoms with Crippen molar-refractivity contribution in [1.82, 2.24) is 0 Å². The number of imide groups is 1. The van der Waals surface area contributed by atoms with Crippen LogP contribution in [0.4, 0.5) is 11.4 Å². The summed E-state index contributed by atoms with van der Waals surface area (Å²) in [6.07, 6.45) is 0.694. The van der Waals surface area contributed by atoms with Crippen LogP contribution in [0.25, 0.3) is 0 Å². The Kier molecular flexibility index (Phi) is 7.38. The molecule has 0 radical (unpaired) electrons. The van der Waals surface area contributed by atoms with Crippen LogP contribution < -0.4 is 22.1 Å². The molecule has 0 spiro atoms. The van der Waals surface area contributed by atoms with Crippen molar-refractivity contribution in [2.75, 3.05) is 11.4 Å². The molecule has 6 N–H and O–H groups in total. The number of benzene rings is 2. The molecular formula is C19H22N6O4. The van der Waals surface area contributed by atoms with Gasteiger partial charge in [0.25, 0.3) is 17.5 Å². The second kappa shape index (κ2) is 9.95. The van der Waals surface area contributed by atoms with E-state index in [-0.39, 0.29) is 29.3 Å². The molecule has 2 rings (SSSR count). The maximum absolute atomic E-state index is 13.0. The molecule has 0 aromatic heterocycles. The molecule has 2 aromatic rings. The first-order valence-electron chi connectivity index (χ1n) is 8.80. The van der Waals surface area contributed by atoms with E-state index in [0.717, 1.165) is 4.90 Å². The van der Waals surface area contributed by atoms with Crippen molar-refractivity contribution in [2.24, 2.45) is 22.2 Å². The number of rotatable bonds is 8. The highest BCUT2D eigenvalue weighted by molar-refractivity contribution is 6.22. The number of carbonyl (C=O) groups is 2. The minimum Gasteiger partial charge on any atom is -0.370 e. The third-order valence-corrected chi connectivity index (χ3v) is 4.05. The van der Waals surface area contributed by atoms with Gasteiger partial charge in [-0.1, -0.05) is 18.2 Å². The van der Waals surface area contributed by atoms with Gasteiger partial charge < -0.3 is 17.2 Å². The second-order valence-corrected chi connectivity index (χ2v) is 6.17. The van der Waals surface area contributed by atoms with Crippen LogP contribution in [-0.2, 0) is 4.79 Å². The Hall–Kier alpha value is -3.79. The van der Waals surface area contributed by atoms with Crippen LogP contribution in [0.1, 0.15) is 23.2 Å². The van der Waals surface area contributed by atoms with Gasteiger partial charge in [0.2, 0.25) is 0 Å². The molecule has 2 amide bonds. The first-order chi connectivity index (χ1) is 13.8. The van der Waals surface area contributed by atoms with Crippen molar-refractivity contribution in [3.05, 3.63) is 70.3 Å². The molecule has 10 heteroatoms. The molecule has 0 unspecified atom stereocenters. The lowest BCUT2D eigenvalue weighted by molar-refractivity contribution is -0.384. The zero-order valence-electron chi connectivity index (χ0n) is 15.6. The summed E-state index contributed by atoms with van der Waals surface area (Å²) >= 11 is 0. The van der Waals surface area contributed by atoms with Gasteiger partial charge >= 0.3 is 0 Å². The SMILES string of the molecule is NC(N)=NCCC[C@H](N)C(=O)N(C(=O)c1ccccc1)c1ccc([N+](=O)[O-])cc1. The molecule has 10 nitrogen and oxygen atoms in total. The summed E-state index contributed by atoms with van der Waals surface area (Å²) in [5, 5.41) is 10.9. The number of amides is 2. The molecule has 0 saturated carbocycles. The zero-order chi connectivity index (χ0) is 21.4. The van der Waals surface area contributed by atoms with E-state index in [1.807, 2.05) is 0 Å². The lowest BCUT2D eigenvalue weighted by atomic mass is 10.1. The van der Waals surface area contributed by atoms with Gasteiger partial charge in [-0.3, -0.25) is 24.7 Å². The van der Waals surface area contributed by atoms with E-state index < -0.39 is 22.8 Å². The van der Waals surface area contributed by atoms with Crippen molar-refractivity contribution >= 4 is 29.1 Å². The summed E-state index contributed by atoms with van der Waals surface area (Å²) in [5.74, 6) is -1.27. The average Bonchev–Trinajstić information content (AvgIpc) is 2.72. The Balaban J connectivity index is 2.28. The van der Waals surface area contributed by atoms with Crippen LogP contribution in [0, 0.1) is 10.1 Å². The molecule has 0 bridgehead atoms. The average molecular weight is 398 g/mol. The minimum absolute atomic E-state index is 0.0586. The van der Waals surface area contributed by atoms with Gasteiger partial charge in [0, 0.05) is 24.2 Å². The summed E-state index contributed by atoms with van der Waals surface area (Å²) in [4.78, 5) is 41.0. The maximum atomic E-state index is 13.0. The Morgan fingerprint density at radius 2 is 1.69 bits per heavy atom. The van der Waals surface area contributed by atoms with E-state index in [9.17, 15) is 19.7 Å². The molecule has 0 heterocycles. The third-order valence-electron chi connectivity index (χ3n) is 4.05. The monoisotopic (exact) mass is 398 g/mol. The Morgan fingerprint density at radius 1 is 1.07 bits per heavy atom. The quantitative estimate of drug-likeness (QED) is 0.197. The van der Waals surface area contributed by atoms with Crippen LogP contribution >= 0.6 is 0 Å². The zero-order valence-corrected chi connectivity index (χ0v) is 15.6. The van der Waals surface area contributed by atoms with Crippen LogP contribution in [0.5, 0.6) is 0 Å². The summed E-state index contributed by atoms with van der Waals surface area (Å²) in [5.41, 5.74) is 16.8. The Bertz CT molecular complexity index is 895. The van der Waals surface area contributed by atoms with Gasteiger partial charge in [-0.2, -0.15) is 0 Å². The number of guanidine groups is 1. The maximum Gasteiger partial charge on any atom is 0.269 e. The lowest BCUT2D eigenvalue weighted by Gasteiger charge is -2.24. The number of carbonyl (C=O) groups excluding carboxylic acids is 2. The number of hydrogen-bond donors (Lipinski definition) is 3. The number of non-ortho nitro benzene ring substituents is 1. The summed E-state index contributed by atoms with van der Waals surface area (Å²) in [6.45, 7) is 0.299. The largest absolute Gasteiger partial charge is 0.370 e. The number of aliphatic imine (C=N–C) groups is 1. The van der Waals surface area contributed by atoms with Gasteiger partial charge in [0.1, 0.15) is 0 Å².